The van der Waals surface area contributed by atoms with E-state index in [4.69, 9.17) is 9.47 Å². The summed E-state index contributed by atoms with van der Waals surface area (Å²) >= 11 is 0. The molecule has 0 fully saturated rings. The van der Waals surface area contributed by atoms with Crippen LogP contribution in [-0.4, -0.2) is 70.4 Å². The Hall–Kier alpha value is -1.13. The fourth-order valence-corrected chi connectivity index (χ4v) is 2.59. The first-order valence-electron chi connectivity index (χ1n) is 8.64. The fourth-order valence-electron chi connectivity index (χ4n) is 2.59. The quantitative estimate of drug-likeness (QED) is 0.232. The van der Waals surface area contributed by atoms with Crippen LogP contribution in [0.3, 0.4) is 0 Å². The predicted molar refractivity (Wildman–Crippen MR) is 118 cm³/mol. The van der Waals surface area contributed by atoms with Crippen molar-refractivity contribution < 1.29 is 9.47 Å². The van der Waals surface area contributed by atoms with Gasteiger partial charge in [-0.3, -0.25) is 9.98 Å². The van der Waals surface area contributed by atoms with Crippen molar-refractivity contribution >= 4 is 29.9 Å². The molecule has 1 heterocycles. The summed E-state index contributed by atoms with van der Waals surface area (Å²) in [5, 5.41) is 6.63. The Morgan fingerprint density at radius 2 is 1.96 bits per heavy atom. The number of pyridine rings is 1. The molecule has 0 saturated heterocycles. The van der Waals surface area contributed by atoms with E-state index >= 15 is 0 Å². The molecular weight excluding hydrogens is 445 g/mol. The molecule has 0 bridgehead atoms. The number of halogens is 1. The van der Waals surface area contributed by atoms with Gasteiger partial charge in [-0.1, -0.05) is 0 Å². The number of aliphatic imine (C=N–C) groups is 1. The van der Waals surface area contributed by atoms with E-state index in [-0.39, 0.29) is 24.0 Å². The van der Waals surface area contributed by atoms with Crippen molar-refractivity contribution in [2.75, 3.05) is 54.6 Å². The maximum Gasteiger partial charge on any atom is 0.191 e. The first kappa shape index (κ1) is 24.9. The number of hydrogen-bond acceptors (Lipinski definition) is 5. The molecule has 0 aliphatic carbocycles. The predicted octanol–water partition coefficient (Wildman–Crippen LogP) is 1.96. The van der Waals surface area contributed by atoms with Crippen LogP contribution >= 0.6 is 24.0 Å². The highest BCUT2D eigenvalue weighted by Crippen LogP contribution is 2.23. The normalized spacial score (nSPS) is 11.3. The molecule has 26 heavy (non-hydrogen) atoms. The van der Waals surface area contributed by atoms with E-state index in [0.29, 0.717) is 6.54 Å². The summed E-state index contributed by atoms with van der Waals surface area (Å²) in [5.74, 6) is 1.67. The van der Waals surface area contributed by atoms with Gasteiger partial charge in [0.15, 0.2) is 5.96 Å². The van der Waals surface area contributed by atoms with Crippen LogP contribution in [0, 0.1) is 13.8 Å². The Kier molecular flexibility index (Phi) is 13.4. The standard InChI is InChI=1S/C18H33N5O2.HI/c1-14-12-21-16(15(2)17(14)25-6)13-22-18(19-3)20-8-10-23(4)9-7-11-24-5;/h12H,7-11,13H2,1-6H3,(H2,19,20,22);1H. The minimum atomic E-state index is 0. The summed E-state index contributed by atoms with van der Waals surface area (Å²) in [6.45, 7) is 8.22. The molecule has 1 aromatic heterocycles. The minimum Gasteiger partial charge on any atom is -0.496 e. The zero-order valence-corrected chi connectivity index (χ0v) is 19.2. The summed E-state index contributed by atoms with van der Waals surface area (Å²) < 4.78 is 10.5. The van der Waals surface area contributed by atoms with Gasteiger partial charge < -0.3 is 25.0 Å². The van der Waals surface area contributed by atoms with Crippen LogP contribution in [0.15, 0.2) is 11.2 Å². The zero-order chi connectivity index (χ0) is 18.7. The lowest BCUT2D eigenvalue weighted by atomic mass is 10.1. The van der Waals surface area contributed by atoms with E-state index in [9.17, 15) is 0 Å². The highest BCUT2D eigenvalue weighted by Gasteiger charge is 2.10. The van der Waals surface area contributed by atoms with Crippen LogP contribution in [0.2, 0.25) is 0 Å². The number of likely N-dealkylation sites (N-methyl/N-ethyl adjacent to an activating group) is 1. The second kappa shape index (κ2) is 14.0. The lowest BCUT2D eigenvalue weighted by Gasteiger charge is -2.18. The van der Waals surface area contributed by atoms with Crippen molar-refractivity contribution in [1.82, 2.24) is 20.5 Å². The molecule has 7 nitrogen and oxygen atoms in total. The summed E-state index contributed by atoms with van der Waals surface area (Å²) in [6.07, 6.45) is 2.88. The Morgan fingerprint density at radius 1 is 1.23 bits per heavy atom. The summed E-state index contributed by atoms with van der Waals surface area (Å²) in [5.41, 5.74) is 3.06. The van der Waals surface area contributed by atoms with Crippen molar-refractivity contribution in [2.24, 2.45) is 4.99 Å². The smallest absolute Gasteiger partial charge is 0.191 e. The molecule has 0 atom stereocenters. The number of nitrogens with one attached hydrogen (secondary N) is 2. The van der Waals surface area contributed by atoms with Gasteiger partial charge in [0.1, 0.15) is 5.75 Å². The van der Waals surface area contributed by atoms with Gasteiger partial charge in [0, 0.05) is 57.7 Å². The highest BCUT2D eigenvalue weighted by molar-refractivity contribution is 14.0. The number of guanidine groups is 1. The molecule has 0 saturated carbocycles. The molecule has 2 N–H and O–H groups in total. The number of aryl methyl sites for hydroxylation is 1. The molecule has 0 radical (unpaired) electrons. The first-order chi connectivity index (χ1) is 12.0. The fraction of sp³-hybridized carbons (Fsp3) is 0.667. The molecule has 0 aromatic carbocycles. The molecule has 1 aromatic rings. The van der Waals surface area contributed by atoms with Gasteiger partial charge in [0.05, 0.1) is 19.3 Å². The van der Waals surface area contributed by atoms with E-state index in [2.05, 4.69) is 32.6 Å². The third-order valence-corrected chi connectivity index (χ3v) is 4.07. The van der Waals surface area contributed by atoms with Crippen molar-refractivity contribution in [3.05, 3.63) is 23.0 Å². The van der Waals surface area contributed by atoms with E-state index in [0.717, 1.165) is 61.2 Å². The van der Waals surface area contributed by atoms with E-state index in [1.54, 1.807) is 21.3 Å². The number of nitrogens with zero attached hydrogens (tertiary/aromatic N) is 3. The molecule has 8 heteroatoms. The minimum absolute atomic E-state index is 0. The first-order valence-corrected chi connectivity index (χ1v) is 8.64. The molecule has 0 spiro atoms. The van der Waals surface area contributed by atoms with Gasteiger partial charge in [0.25, 0.3) is 0 Å². The Bertz CT molecular complexity index is 555. The Labute approximate surface area is 175 Å². The molecular formula is C18H34IN5O2. The third-order valence-electron chi connectivity index (χ3n) is 4.07. The second-order valence-corrected chi connectivity index (χ2v) is 6.05. The number of hydrogen-bond donors (Lipinski definition) is 2. The highest BCUT2D eigenvalue weighted by atomic mass is 127. The summed E-state index contributed by atoms with van der Waals surface area (Å²) in [6, 6.07) is 0. The van der Waals surface area contributed by atoms with Gasteiger partial charge in [-0.25, -0.2) is 0 Å². The molecule has 0 aliphatic rings. The van der Waals surface area contributed by atoms with Gasteiger partial charge in [0.2, 0.25) is 0 Å². The van der Waals surface area contributed by atoms with E-state index in [1.807, 2.05) is 20.0 Å². The average molecular weight is 479 g/mol. The monoisotopic (exact) mass is 479 g/mol. The molecule has 0 amide bonds. The van der Waals surface area contributed by atoms with Crippen molar-refractivity contribution in [3.63, 3.8) is 0 Å². The zero-order valence-electron chi connectivity index (χ0n) is 16.9. The molecule has 1 rings (SSSR count). The SMILES string of the molecule is CN=C(NCCN(C)CCCOC)NCc1ncc(C)c(OC)c1C.I. The van der Waals surface area contributed by atoms with Crippen LogP contribution in [0.25, 0.3) is 0 Å². The Balaban J connectivity index is 0.00000625. The van der Waals surface area contributed by atoms with Crippen molar-refractivity contribution in [1.29, 1.82) is 0 Å². The molecule has 0 aliphatic heterocycles. The van der Waals surface area contributed by atoms with E-state index in [1.165, 1.54) is 0 Å². The van der Waals surface area contributed by atoms with Gasteiger partial charge in [-0.15, -0.1) is 24.0 Å². The lowest BCUT2D eigenvalue weighted by Crippen LogP contribution is -2.41. The van der Waals surface area contributed by atoms with Crippen LogP contribution < -0.4 is 15.4 Å². The number of methoxy groups -OCH3 is 2. The second-order valence-electron chi connectivity index (χ2n) is 6.05. The average Bonchev–Trinajstić information content (AvgIpc) is 2.60. The maximum atomic E-state index is 5.45. The van der Waals surface area contributed by atoms with Gasteiger partial charge in [-0.05, 0) is 27.3 Å². The topological polar surface area (TPSA) is 71.0 Å². The number of rotatable bonds is 10. The van der Waals surface area contributed by atoms with Crippen molar-refractivity contribution in [2.45, 2.75) is 26.8 Å². The summed E-state index contributed by atoms with van der Waals surface area (Å²) in [4.78, 5) is 11.0. The van der Waals surface area contributed by atoms with Gasteiger partial charge in [-0.2, -0.15) is 0 Å². The third kappa shape index (κ3) is 8.50. The summed E-state index contributed by atoms with van der Waals surface area (Å²) in [7, 11) is 7.31. The van der Waals surface area contributed by atoms with Crippen molar-refractivity contribution in [3.8, 4) is 5.75 Å². The van der Waals surface area contributed by atoms with Crippen LogP contribution in [0.5, 0.6) is 5.75 Å². The van der Waals surface area contributed by atoms with E-state index < -0.39 is 0 Å². The molecule has 0 unspecified atom stereocenters. The number of ether oxygens (including phenoxy) is 2. The van der Waals surface area contributed by atoms with Crippen LogP contribution in [-0.2, 0) is 11.3 Å². The number of aromatic nitrogens is 1. The van der Waals surface area contributed by atoms with Crippen LogP contribution in [0.4, 0.5) is 0 Å². The molecule has 150 valence electrons. The Morgan fingerprint density at radius 3 is 2.58 bits per heavy atom. The maximum absolute atomic E-state index is 5.45. The van der Waals surface area contributed by atoms with Crippen LogP contribution in [0.1, 0.15) is 23.2 Å². The van der Waals surface area contributed by atoms with Gasteiger partial charge >= 0.3 is 0 Å². The largest absolute Gasteiger partial charge is 0.496 e. The lowest BCUT2D eigenvalue weighted by molar-refractivity contribution is 0.180.